The maximum Gasteiger partial charge on any atom is 0.268 e. The van der Waals surface area contributed by atoms with Crippen LogP contribution >= 0.6 is 27.3 Å². The number of amides is 1. The van der Waals surface area contributed by atoms with Gasteiger partial charge >= 0.3 is 0 Å². The highest BCUT2D eigenvalue weighted by Gasteiger charge is 2.19. The number of carbonyl (C=O) groups excluding carboxylic acids is 1. The quantitative estimate of drug-likeness (QED) is 0.788. The van der Waals surface area contributed by atoms with Gasteiger partial charge in [-0.15, -0.1) is 11.3 Å². The lowest BCUT2D eigenvalue weighted by Crippen LogP contribution is -2.29. The molecular weight excluding hydrogens is 322 g/mol. The fraction of sp³-hybridized carbons (Fsp3) is 0.267. The molecular formula is C15H16BrNOS. The van der Waals surface area contributed by atoms with E-state index in [2.05, 4.69) is 15.9 Å². The summed E-state index contributed by atoms with van der Waals surface area (Å²) in [5, 5.41) is 0. The molecule has 1 aromatic heterocycles. The summed E-state index contributed by atoms with van der Waals surface area (Å²) in [5.74, 6) is 0.0619. The van der Waals surface area contributed by atoms with E-state index in [1.54, 1.807) is 0 Å². The molecule has 2 nitrogen and oxygen atoms in total. The van der Waals surface area contributed by atoms with Crippen molar-refractivity contribution in [1.82, 2.24) is 0 Å². The number of carbonyl (C=O) groups is 1. The van der Waals surface area contributed by atoms with Crippen molar-refractivity contribution in [1.29, 1.82) is 0 Å². The molecule has 0 aliphatic heterocycles. The molecule has 0 atom stereocenters. The Hall–Kier alpha value is -1.13. The Labute approximate surface area is 126 Å². The average molecular weight is 338 g/mol. The second-order valence-electron chi connectivity index (χ2n) is 4.46. The van der Waals surface area contributed by atoms with Crippen LogP contribution in [0.25, 0.3) is 0 Å². The van der Waals surface area contributed by atoms with Crippen LogP contribution in [0.1, 0.15) is 27.7 Å². The second kappa shape index (κ2) is 5.88. The normalized spacial score (nSPS) is 10.5. The summed E-state index contributed by atoms with van der Waals surface area (Å²) in [7, 11) is 0. The molecule has 0 saturated heterocycles. The lowest BCUT2D eigenvalue weighted by Gasteiger charge is -2.20. The third-order valence-electron chi connectivity index (χ3n) is 2.94. The molecule has 0 saturated carbocycles. The van der Waals surface area contributed by atoms with Gasteiger partial charge < -0.3 is 4.90 Å². The minimum atomic E-state index is 0.0619. The Bertz CT molecular complexity index is 586. The van der Waals surface area contributed by atoms with Crippen LogP contribution in [0.3, 0.4) is 0 Å². The Balaban J connectivity index is 2.34. The molecule has 1 heterocycles. The van der Waals surface area contributed by atoms with Gasteiger partial charge in [0, 0.05) is 12.2 Å². The van der Waals surface area contributed by atoms with E-state index in [-0.39, 0.29) is 5.91 Å². The van der Waals surface area contributed by atoms with Crippen LogP contribution in [0, 0.1) is 13.8 Å². The van der Waals surface area contributed by atoms with E-state index in [1.165, 1.54) is 11.3 Å². The van der Waals surface area contributed by atoms with Crippen molar-refractivity contribution < 1.29 is 4.79 Å². The second-order valence-corrected chi connectivity index (χ2v) is 6.83. The summed E-state index contributed by atoms with van der Waals surface area (Å²) in [5.41, 5.74) is 3.22. The highest BCUT2D eigenvalue weighted by molar-refractivity contribution is 9.11. The van der Waals surface area contributed by atoms with Gasteiger partial charge in [-0.2, -0.15) is 0 Å². The monoisotopic (exact) mass is 337 g/mol. The standard InChI is InChI=1S/C15H16BrNOS/c1-4-17(12-7-5-6-10(2)8-12)15(18)13-9-11(3)14(16)19-13/h5-9H,4H2,1-3H3. The largest absolute Gasteiger partial charge is 0.308 e. The van der Waals surface area contributed by atoms with Crippen molar-refractivity contribution in [2.75, 3.05) is 11.4 Å². The molecule has 1 amide bonds. The van der Waals surface area contributed by atoms with Crippen LogP contribution < -0.4 is 4.90 Å². The lowest BCUT2D eigenvalue weighted by atomic mass is 10.2. The summed E-state index contributed by atoms with van der Waals surface area (Å²) in [6.07, 6.45) is 0. The van der Waals surface area contributed by atoms with Crippen LogP contribution in [-0.4, -0.2) is 12.5 Å². The van der Waals surface area contributed by atoms with Gasteiger partial charge in [0.2, 0.25) is 0 Å². The number of anilines is 1. The van der Waals surface area contributed by atoms with Crippen molar-refractivity contribution >= 4 is 38.9 Å². The van der Waals surface area contributed by atoms with Crippen LogP contribution in [0.5, 0.6) is 0 Å². The van der Waals surface area contributed by atoms with Gasteiger partial charge in [0.1, 0.15) is 0 Å². The zero-order valence-electron chi connectivity index (χ0n) is 11.2. The molecule has 0 N–H and O–H groups in total. The maximum atomic E-state index is 12.6. The van der Waals surface area contributed by atoms with Crippen LogP contribution in [-0.2, 0) is 0 Å². The number of aryl methyl sites for hydroxylation is 2. The molecule has 0 bridgehead atoms. The van der Waals surface area contributed by atoms with E-state index < -0.39 is 0 Å². The van der Waals surface area contributed by atoms with Gasteiger partial charge in [-0.1, -0.05) is 12.1 Å². The molecule has 0 radical (unpaired) electrons. The van der Waals surface area contributed by atoms with E-state index in [4.69, 9.17) is 0 Å². The van der Waals surface area contributed by atoms with Crippen molar-refractivity contribution in [2.24, 2.45) is 0 Å². The van der Waals surface area contributed by atoms with Gasteiger partial charge in [-0.05, 0) is 66.0 Å². The molecule has 0 spiro atoms. The molecule has 0 fully saturated rings. The van der Waals surface area contributed by atoms with Crippen LogP contribution in [0.4, 0.5) is 5.69 Å². The Morgan fingerprint density at radius 2 is 2.05 bits per heavy atom. The van der Waals surface area contributed by atoms with E-state index in [0.717, 1.165) is 25.5 Å². The van der Waals surface area contributed by atoms with E-state index in [0.29, 0.717) is 6.54 Å². The van der Waals surface area contributed by atoms with Crippen molar-refractivity contribution in [3.8, 4) is 0 Å². The molecule has 2 rings (SSSR count). The summed E-state index contributed by atoms with van der Waals surface area (Å²) in [4.78, 5) is 15.1. The van der Waals surface area contributed by atoms with E-state index in [1.807, 2.05) is 56.0 Å². The van der Waals surface area contributed by atoms with Crippen LogP contribution in [0.2, 0.25) is 0 Å². The third kappa shape index (κ3) is 3.07. The highest BCUT2D eigenvalue weighted by atomic mass is 79.9. The maximum absolute atomic E-state index is 12.6. The predicted octanol–water partition coefficient (Wildman–Crippen LogP) is 4.79. The number of hydrogen-bond acceptors (Lipinski definition) is 2. The smallest absolute Gasteiger partial charge is 0.268 e. The lowest BCUT2D eigenvalue weighted by molar-refractivity contribution is 0.0992. The molecule has 0 aliphatic rings. The Morgan fingerprint density at radius 1 is 1.32 bits per heavy atom. The number of rotatable bonds is 3. The minimum Gasteiger partial charge on any atom is -0.308 e. The number of hydrogen-bond donors (Lipinski definition) is 0. The molecule has 100 valence electrons. The van der Waals surface area contributed by atoms with Gasteiger partial charge in [0.25, 0.3) is 5.91 Å². The zero-order valence-corrected chi connectivity index (χ0v) is 13.6. The zero-order chi connectivity index (χ0) is 14.0. The van der Waals surface area contributed by atoms with Crippen LogP contribution in [0.15, 0.2) is 34.1 Å². The van der Waals surface area contributed by atoms with Gasteiger partial charge in [0.15, 0.2) is 0 Å². The molecule has 0 unspecified atom stereocenters. The molecule has 0 aliphatic carbocycles. The molecule has 19 heavy (non-hydrogen) atoms. The Morgan fingerprint density at radius 3 is 2.58 bits per heavy atom. The number of halogens is 1. The minimum absolute atomic E-state index is 0.0619. The first kappa shape index (κ1) is 14.3. The summed E-state index contributed by atoms with van der Waals surface area (Å²) in [6, 6.07) is 9.97. The number of benzene rings is 1. The third-order valence-corrected chi connectivity index (χ3v) is 5.07. The summed E-state index contributed by atoms with van der Waals surface area (Å²) in [6.45, 7) is 6.70. The Kier molecular flexibility index (Phi) is 4.42. The summed E-state index contributed by atoms with van der Waals surface area (Å²) >= 11 is 4.96. The SMILES string of the molecule is CCN(C(=O)c1cc(C)c(Br)s1)c1cccc(C)c1. The molecule has 1 aromatic carbocycles. The van der Waals surface area contributed by atoms with E-state index in [9.17, 15) is 4.79 Å². The average Bonchev–Trinajstić information content (AvgIpc) is 2.70. The van der Waals surface area contributed by atoms with E-state index >= 15 is 0 Å². The topological polar surface area (TPSA) is 20.3 Å². The van der Waals surface area contributed by atoms with Gasteiger partial charge in [-0.25, -0.2) is 0 Å². The first-order valence-corrected chi connectivity index (χ1v) is 7.78. The van der Waals surface area contributed by atoms with Gasteiger partial charge in [-0.3, -0.25) is 4.79 Å². The fourth-order valence-corrected chi connectivity index (χ4v) is 3.42. The van der Waals surface area contributed by atoms with Crippen molar-refractivity contribution in [2.45, 2.75) is 20.8 Å². The first-order valence-electron chi connectivity index (χ1n) is 6.17. The highest BCUT2D eigenvalue weighted by Crippen LogP contribution is 2.29. The van der Waals surface area contributed by atoms with Crippen molar-refractivity contribution in [3.05, 3.63) is 50.1 Å². The first-order chi connectivity index (χ1) is 9.02. The number of nitrogens with zero attached hydrogens (tertiary/aromatic N) is 1. The van der Waals surface area contributed by atoms with Crippen molar-refractivity contribution in [3.63, 3.8) is 0 Å². The van der Waals surface area contributed by atoms with Gasteiger partial charge in [0.05, 0.1) is 8.66 Å². The fourth-order valence-electron chi connectivity index (χ4n) is 1.94. The number of thiophene rings is 1. The molecule has 4 heteroatoms. The predicted molar refractivity (Wildman–Crippen MR) is 85.3 cm³/mol. The molecule has 2 aromatic rings. The summed E-state index contributed by atoms with van der Waals surface area (Å²) < 4.78 is 1.02.